The Bertz CT molecular complexity index is 1090. The normalized spacial score (nSPS) is 12.1. The minimum absolute atomic E-state index is 0.0955. The third-order valence-corrected chi connectivity index (χ3v) is 5.01. The number of aldehydes is 1. The number of nitrogens with zero attached hydrogens (tertiary/aromatic N) is 1. The van der Waals surface area contributed by atoms with Crippen molar-refractivity contribution >= 4 is 34.2 Å². The van der Waals surface area contributed by atoms with Gasteiger partial charge in [-0.1, -0.05) is 5.16 Å². The summed E-state index contributed by atoms with van der Waals surface area (Å²) >= 11 is 0. The number of carbonyl (C=O) groups is 4. The van der Waals surface area contributed by atoms with Crippen molar-refractivity contribution in [3.8, 4) is 5.75 Å². The van der Waals surface area contributed by atoms with E-state index in [4.69, 9.17) is 14.7 Å². The maximum Gasteiger partial charge on any atom is 0.339 e. The molecule has 1 atom stereocenters. The summed E-state index contributed by atoms with van der Waals surface area (Å²) in [4.78, 5) is 43.9. The van der Waals surface area contributed by atoms with Crippen molar-refractivity contribution in [2.75, 3.05) is 0 Å². The first-order valence-corrected chi connectivity index (χ1v) is 9.51. The van der Waals surface area contributed by atoms with E-state index in [1.54, 1.807) is 0 Å². The molecule has 0 aliphatic carbocycles. The van der Waals surface area contributed by atoms with Crippen molar-refractivity contribution in [3.63, 3.8) is 0 Å². The van der Waals surface area contributed by atoms with Crippen LogP contribution in [-0.4, -0.2) is 59.1 Å². The van der Waals surface area contributed by atoms with Gasteiger partial charge >= 0.3 is 11.9 Å². The number of carboxylic acids is 2. The van der Waals surface area contributed by atoms with Crippen LogP contribution in [0.25, 0.3) is 0 Å². The smallest absolute Gasteiger partial charge is 0.339 e. The molecular weight excluding hydrogens is 426 g/mol. The molecule has 5 N–H and O–H groups in total. The summed E-state index contributed by atoms with van der Waals surface area (Å²) in [5.41, 5.74) is -0.929. The highest BCUT2D eigenvalue weighted by Crippen LogP contribution is 2.21. The summed E-state index contributed by atoms with van der Waals surface area (Å²) in [7, 11) is -4.20. The monoisotopic (exact) mass is 441 g/mol. The second kappa shape index (κ2) is 9.15. The van der Waals surface area contributed by atoms with E-state index in [-0.39, 0.29) is 17.7 Å². The van der Waals surface area contributed by atoms with Crippen LogP contribution in [0.1, 0.15) is 33.0 Å². The van der Waals surface area contributed by atoms with Gasteiger partial charge in [0.05, 0.1) is 23.9 Å². The SMILES string of the molecule is O=C[C@H](CC(=O)O)NC(=O)c1cc(CNS(=O)(=O)c2ccc(O)c(C(=O)O)c2)on1. The van der Waals surface area contributed by atoms with E-state index in [0.717, 1.165) is 24.3 Å². The van der Waals surface area contributed by atoms with Gasteiger partial charge in [-0.2, -0.15) is 0 Å². The van der Waals surface area contributed by atoms with E-state index in [1.165, 1.54) is 0 Å². The van der Waals surface area contributed by atoms with Gasteiger partial charge in [0.1, 0.15) is 17.6 Å². The summed E-state index contributed by atoms with van der Waals surface area (Å²) in [6.07, 6.45) is -0.394. The van der Waals surface area contributed by atoms with Crippen LogP contribution in [-0.2, 0) is 26.2 Å². The van der Waals surface area contributed by atoms with E-state index < -0.39 is 63.1 Å². The standard InChI is InChI=1S/C16H15N3O10S/c20-7-8(3-14(22)23)18-15(24)12-4-9(29-19-12)6-17-30(27,28)10-1-2-13(21)11(5-10)16(25)26/h1-2,4-5,7-8,17,21H,3,6H2,(H,18,24)(H,22,23)(H,25,26)/t8-/m0/s1. The number of carboxylic acid groups (broad SMARTS) is 2. The molecular formula is C16H15N3O10S. The van der Waals surface area contributed by atoms with Crippen LogP contribution in [0.5, 0.6) is 5.75 Å². The van der Waals surface area contributed by atoms with Gasteiger partial charge in [0, 0.05) is 6.07 Å². The maximum absolute atomic E-state index is 12.3. The topological polar surface area (TPSA) is 213 Å². The lowest BCUT2D eigenvalue weighted by molar-refractivity contribution is -0.138. The van der Waals surface area contributed by atoms with E-state index in [9.17, 15) is 32.7 Å². The van der Waals surface area contributed by atoms with Crippen molar-refractivity contribution in [1.29, 1.82) is 0 Å². The number of hydrogen-bond acceptors (Lipinski definition) is 9. The van der Waals surface area contributed by atoms with Crippen LogP contribution >= 0.6 is 0 Å². The van der Waals surface area contributed by atoms with Crippen LogP contribution in [0.4, 0.5) is 0 Å². The fourth-order valence-corrected chi connectivity index (χ4v) is 3.19. The van der Waals surface area contributed by atoms with Crippen LogP contribution in [0.3, 0.4) is 0 Å². The zero-order chi connectivity index (χ0) is 22.5. The quantitative estimate of drug-likeness (QED) is 0.291. The molecule has 1 amide bonds. The van der Waals surface area contributed by atoms with Crippen molar-refractivity contribution in [3.05, 3.63) is 41.3 Å². The van der Waals surface area contributed by atoms with Crippen molar-refractivity contribution < 1.29 is 47.4 Å². The van der Waals surface area contributed by atoms with Gasteiger partial charge in [0.15, 0.2) is 11.5 Å². The number of carbonyl (C=O) groups excluding carboxylic acids is 2. The fourth-order valence-electron chi connectivity index (χ4n) is 2.17. The third kappa shape index (κ3) is 5.62. The van der Waals surface area contributed by atoms with Gasteiger partial charge in [0.2, 0.25) is 10.0 Å². The number of aliphatic carboxylic acids is 1. The first-order valence-electron chi connectivity index (χ1n) is 8.03. The van der Waals surface area contributed by atoms with E-state index in [1.807, 2.05) is 0 Å². The fraction of sp³-hybridized carbons (Fsp3) is 0.188. The number of benzene rings is 1. The van der Waals surface area contributed by atoms with Gasteiger partial charge in [-0.05, 0) is 18.2 Å². The van der Waals surface area contributed by atoms with E-state index >= 15 is 0 Å². The zero-order valence-corrected chi connectivity index (χ0v) is 15.7. The maximum atomic E-state index is 12.3. The molecule has 0 unspecified atom stereocenters. The summed E-state index contributed by atoms with van der Waals surface area (Å²) in [5, 5.41) is 32.6. The molecule has 0 fully saturated rings. The molecule has 1 aromatic heterocycles. The molecule has 0 spiro atoms. The first kappa shape index (κ1) is 22.5. The lowest BCUT2D eigenvalue weighted by Crippen LogP contribution is -2.37. The van der Waals surface area contributed by atoms with Crippen molar-refractivity contribution in [2.24, 2.45) is 0 Å². The number of nitrogens with one attached hydrogen (secondary N) is 2. The van der Waals surface area contributed by atoms with Crippen molar-refractivity contribution in [1.82, 2.24) is 15.2 Å². The lowest BCUT2D eigenvalue weighted by atomic mass is 10.2. The minimum atomic E-state index is -4.20. The molecule has 0 saturated carbocycles. The Labute approximate surface area is 168 Å². The summed E-state index contributed by atoms with van der Waals surface area (Å²) in [5.74, 6) is -4.43. The van der Waals surface area contributed by atoms with Crippen LogP contribution in [0, 0.1) is 0 Å². The number of rotatable bonds is 10. The largest absolute Gasteiger partial charge is 0.507 e. The number of aromatic nitrogens is 1. The Hall–Kier alpha value is -3.78. The molecule has 160 valence electrons. The molecule has 30 heavy (non-hydrogen) atoms. The van der Waals surface area contributed by atoms with Gasteiger partial charge in [-0.15, -0.1) is 0 Å². The lowest BCUT2D eigenvalue weighted by Gasteiger charge is -2.08. The Morgan fingerprint density at radius 3 is 2.50 bits per heavy atom. The molecule has 2 aromatic rings. The van der Waals surface area contributed by atoms with Crippen LogP contribution in [0.2, 0.25) is 0 Å². The van der Waals surface area contributed by atoms with Gasteiger partial charge in [-0.3, -0.25) is 9.59 Å². The molecule has 13 nitrogen and oxygen atoms in total. The molecule has 14 heteroatoms. The van der Waals surface area contributed by atoms with Gasteiger partial charge in [0.25, 0.3) is 5.91 Å². The van der Waals surface area contributed by atoms with E-state index in [2.05, 4.69) is 15.2 Å². The summed E-state index contributed by atoms with van der Waals surface area (Å²) in [6.45, 7) is -0.460. The summed E-state index contributed by atoms with van der Waals surface area (Å²) < 4.78 is 31.5. The third-order valence-electron chi connectivity index (χ3n) is 3.61. The number of aromatic hydroxyl groups is 1. The predicted octanol–water partition coefficient (Wildman–Crippen LogP) is -0.671. The highest BCUT2D eigenvalue weighted by atomic mass is 32.2. The number of aromatic carboxylic acids is 1. The Kier molecular flexibility index (Phi) is 6.86. The highest BCUT2D eigenvalue weighted by molar-refractivity contribution is 7.89. The van der Waals surface area contributed by atoms with Gasteiger partial charge in [-0.25, -0.2) is 17.9 Å². The number of hydrogen-bond donors (Lipinski definition) is 5. The van der Waals surface area contributed by atoms with Crippen LogP contribution in [0.15, 0.2) is 33.7 Å². The Morgan fingerprint density at radius 2 is 1.90 bits per heavy atom. The first-order chi connectivity index (χ1) is 14.0. The average Bonchev–Trinajstić information content (AvgIpc) is 3.14. The van der Waals surface area contributed by atoms with Crippen molar-refractivity contribution in [2.45, 2.75) is 23.9 Å². The van der Waals surface area contributed by atoms with Gasteiger partial charge < -0.3 is 30.0 Å². The predicted molar refractivity (Wildman–Crippen MR) is 95.2 cm³/mol. The summed E-state index contributed by atoms with van der Waals surface area (Å²) in [6, 6.07) is 2.45. The molecule has 0 aliphatic heterocycles. The molecule has 0 radical (unpaired) electrons. The van der Waals surface area contributed by atoms with Crippen LogP contribution < -0.4 is 10.0 Å². The number of amides is 1. The molecule has 1 heterocycles. The minimum Gasteiger partial charge on any atom is -0.507 e. The second-order valence-electron chi connectivity index (χ2n) is 5.80. The Balaban J connectivity index is 2.07. The molecule has 0 saturated heterocycles. The second-order valence-corrected chi connectivity index (χ2v) is 7.57. The number of phenols is 1. The Morgan fingerprint density at radius 1 is 1.20 bits per heavy atom. The number of sulfonamides is 1. The molecule has 0 bridgehead atoms. The molecule has 1 aromatic carbocycles. The zero-order valence-electron chi connectivity index (χ0n) is 14.9. The average molecular weight is 441 g/mol. The molecule has 2 rings (SSSR count). The molecule has 0 aliphatic rings. The van der Waals surface area contributed by atoms with E-state index in [0.29, 0.717) is 0 Å². The highest BCUT2D eigenvalue weighted by Gasteiger charge is 2.21.